The van der Waals surface area contributed by atoms with Crippen LogP contribution in [0.5, 0.6) is 0 Å². The highest BCUT2D eigenvalue weighted by molar-refractivity contribution is 7.25. The van der Waals surface area contributed by atoms with Crippen LogP contribution in [0, 0.1) is 0 Å². The zero-order chi connectivity index (χ0) is 36.3. The van der Waals surface area contributed by atoms with E-state index in [9.17, 15) is 0 Å². The minimum absolute atomic E-state index is 0.902. The van der Waals surface area contributed by atoms with E-state index in [0.717, 1.165) is 55.5 Å². The molecule has 2 nitrogen and oxygen atoms in total. The summed E-state index contributed by atoms with van der Waals surface area (Å²) in [4.78, 5) is 2.35. The molecule has 0 aliphatic heterocycles. The Labute approximate surface area is 322 Å². The molecule has 11 rings (SSSR count). The van der Waals surface area contributed by atoms with Crippen LogP contribution in [0.15, 0.2) is 205 Å². The van der Waals surface area contributed by atoms with E-state index in [1.54, 1.807) is 0 Å². The Morgan fingerprint density at radius 2 is 0.945 bits per heavy atom. The molecule has 0 unspecified atom stereocenters. The van der Waals surface area contributed by atoms with Gasteiger partial charge >= 0.3 is 0 Å². The summed E-state index contributed by atoms with van der Waals surface area (Å²) in [5, 5.41) is 7.24. The summed E-state index contributed by atoms with van der Waals surface area (Å²) in [6, 6.07) is 72.1. The molecule has 3 heteroatoms. The minimum Gasteiger partial charge on any atom is -0.455 e. The van der Waals surface area contributed by atoms with Crippen molar-refractivity contribution >= 4 is 81.3 Å². The van der Waals surface area contributed by atoms with Gasteiger partial charge in [-0.05, 0) is 105 Å². The average Bonchev–Trinajstić information content (AvgIpc) is 3.84. The lowest BCUT2D eigenvalue weighted by Gasteiger charge is -2.26. The number of hydrogen-bond donors (Lipinski definition) is 0. The molecule has 0 saturated carbocycles. The van der Waals surface area contributed by atoms with Gasteiger partial charge in [0, 0.05) is 53.4 Å². The number of benzene rings is 9. The lowest BCUT2D eigenvalue weighted by molar-refractivity contribution is 0.673. The Kier molecular flexibility index (Phi) is 7.39. The molecule has 0 radical (unpaired) electrons. The van der Waals surface area contributed by atoms with Crippen LogP contribution in [0.4, 0.5) is 17.1 Å². The van der Waals surface area contributed by atoms with Crippen LogP contribution in [0.2, 0.25) is 0 Å². The second-order valence-electron chi connectivity index (χ2n) is 14.1. The van der Waals surface area contributed by atoms with E-state index < -0.39 is 0 Å². The Bertz CT molecular complexity index is 3170. The smallest absolute Gasteiger partial charge is 0.143 e. The largest absolute Gasteiger partial charge is 0.455 e. The first-order chi connectivity index (χ1) is 27.2. The molecule has 2 aromatic heterocycles. The summed E-state index contributed by atoms with van der Waals surface area (Å²) in [6.45, 7) is 0. The van der Waals surface area contributed by atoms with Crippen LogP contribution in [0.1, 0.15) is 0 Å². The molecule has 0 amide bonds. The molecule has 0 bridgehead atoms. The van der Waals surface area contributed by atoms with Gasteiger partial charge in [-0.25, -0.2) is 0 Å². The van der Waals surface area contributed by atoms with Crippen molar-refractivity contribution in [3.63, 3.8) is 0 Å². The van der Waals surface area contributed by atoms with Gasteiger partial charge in [0.1, 0.15) is 11.2 Å². The highest BCUT2D eigenvalue weighted by atomic mass is 32.1. The molecule has 258 valence electrons. The quantitative estimate of drug-likeness (QED) is 0.170. The van der Waals surface area contributed by atoms with Crippen molar-refractivity contribution in [2.24, 2.45) is 0 Å². The van der Waals surface area contributed by atoms with Crippen LogP contribution >= 0.6 is 11.3 Å². The molecule has 0 aliphatic carbocycles. The third-order valence-corrected chi connectivity index (χ3v) is 12.0. The summed E-state index contributed by atoms with van der Waals surface area (Å²) in [6.07, 6.45) is 0. The Morgan fingerprint density at radius 3 is 1.69 bits per heavy atom. The monoisotopic (exact) mass is 719 g/mol. The molecular formula is C52H33NOS. The van der Waals surface area contributed by atoms with Crippen LogP contribution in [-0.2, 0) is 0 Å². The number of anilines is 3. The van der Waals surface area contributed by atoms with Gasteiger partial charge in [0.2, 0.25) is 0 Å². The average molecular weight is 720 g/mol. The van der Waals surface area contributed by atoms with Crippen molar-refractivity contribution in [1.29, 1.82) is 0 Å². The van der Waals surface area contributed by atoms with E-state index in [2.05, 4.69) is 205 Å². The number of nitrogens with zero attached hydrogens (tertiary/aromatic N) is 1. The van der Waals surface area contributed by atoms with Gasteiger partial charge in [0.25, 0.3) is 0 Å². The zero-order valence-corrected chi connectivity index (χ0v) is 30.6. The lowest BCUT2D eigenvalue weighted by atomic mass is 9.98. The summed E-state index contributed by atoms with van der Waals surface area (Å²) in [7, 11) is 0. The molecule has 0 aliphatic rings. The SMILES string of the molecule is c1ccc(-c2ccc(N(c3ccc(-c4ccc5sc6ccccc6c5c4)cc3)c3ccc(-c4cccc5oc6c7ccccc7ccc6c45)cc3)cc2)cc1. The van der Waals surface area contributed by atoms with E-state index in [1.165, 1.54) is 47.8 Å². The fraction of sp³-hybridized carbons (Fsp3) is 0. The predicted molar refractivity (Wildman–Crippen MR) is 235 cm³/mol. The molecule has 0 atom stereocenters. The van der Waals surface area contributed by atoms with Crippen LogP contribution in [0.3, 0.4) is 0 Å². The maximum atomic E-state index is 6.52. The fourth-order valence-corrected chi connectivity index (χ4v) is 9.26. The summed E-state index contributed by atoms with van der Waals surface area (Å²) in [5.41, 5.74) is 12.3. The Balaban J connectivity index is 0.993. The van der Waals surface area contributed by atoms with Crippen molar-refractivity contribution in [1.82, 2.24) is 0 Å². The first-order valence-corrected chi connectivity index (χ1v) is 19.5. The molecule has 0 fully saturated rings. The molecule has 2 heterocycles. The van der Waals surface area contributed by atoms with E-state index in [4.69, 9.17) is 4.42 Å². The molecular weight excluding hydrogens is 687 g/mol. The number of furan rings is 1. The summed E-state index contributed by atoms with van der Waals surface area (Å²) in [5.74, 6) is 0. The summed E-state index contributed by atoms with van der Waals surface area (Å²) >= 11 is 1.86. The van der Waals surface area contributed by atoms with Crippen LogP contribution in [-0.4, -0.2) is 0 Å². The first kappa shape index (κ1) is 31.6. The van der Waals surface area contributed by atoms with Gasteiger partial charge in [0.15, 0.2) is 0 Å². The molecule has 9 aromatic carbocycles. The highest BCUT2D eigenvalue weighted by Gasteiger charge is 2.17. The second kappa shape index (κ2) is 12.9. The Hall–Kier alpha value is -6.94. The van der Waals surface area contributed by atoms with Crippen LogP contribution in [0.25, 0.3) is 86.3 Å². The molecule has 11 aromatic rings. The van der Waals surface area contributed by atoms with Gasteiger partial charge < -0.3 is 9.32 Å². The second-order valence-corrected chi connectivity index (χ2v) is 15.2. The van der Waals surface area contributed by atoms with Crippen molar-refractivity contribution in [2.45, 2.75) is 0 Å². The number of thiophene rings is 1. The fourth-order valence-electron chi connectivity index (χ4n) is 8.17. The standard InChI is InChI=1S/C52H33NOS/c1-2-9-34(10-3-1)35-17-25-40(26-18-35)53(41-27-19-36(20-28-41)39-24-32-50-47(33-39)45-13-6-7-16-49(45)55-50)42-29-21-38(22-30-42)43-14-8-15-48-51(43)46-31-23-37-11-4-5-12-44(37)52(46)54-48/h1-33H. The molecule has 55 heavy (non-hydrogen) atoms. The lowest BCUT2D eigenvalue weighted by Crippen LogP contribution is -2.09. The third-order valence-electron chi connectivity index (χ3n) is 10.9. The van der Waals surface area contributed by atoms with E-state index in [1.807, 2.05) is 11.3 Å². The number of hydrogen-bond acceptors (Lipinski definition) is 3. The van der Waals surface area contributed by atoms with Crippen LogP contribution < -0.4 is 4.90 Å². The molecule has 0 spiro atoms. The van der Waals surface area contributed by atoms with Crippen molar-refractivity contribution in [3.05, 3.63) is 200 Å². The normalized spacial score (nSPS) is 11.6. The van der Waals surface area contributed by atoms with Crippen molar-refractivity contribution in [3.8, 4) is 33.4 Å². The van der Waals surface area contributed by atoms with Crippen molar-refractivity contribution < 1.29 is 4.42 Å². The third kappa shape index (κ3) is 5.40. The number of rotatable bonds is 6. The topological polar surface area (TPSA) is 16.4 Å². The Morgan fingerprint density at radius 1 is 0.364 bits per heavy atom. The van der Waals surface area contributed by atoms with Gasteiger partial charge in [-0.15, -0.1) is 11.3 Å². The van der Waals surface area contributed by atoms with E-state index in [-0.39, 0.29) is 0 Å². The predicted octanol–water partition coefficient (Wildman–Crippen LogP) is 15.6. The summed E-state index contributed by atoms with van der Waals surface area (Å²) < 4.78 is 9.16. The van der Waals surface area contributed by atoms with Gasteiger partial charge in [-0.2, -0.15) is 0 Å². The first-order valence-electron chi connectivity index (χ1n) is 18.7. The van der Waals surface area contributed by atoms with E-state index >= 15 is 0 Å². The van der Waals surface area contributed by atoms with Gasteiger partial charge in [0.05, 0.1) is 0 Å². The van der Waals surface area contributed by atoms with Crippen molar-refractivity contribution in [2.75, 3.05) is 4.90 Å². The minimum atomic E-state index is 0.902. The molecule has 0 saturated heterocycles. The zero-order valence-electron chi connectivity index (χ0n) is 29.8. The van der Waals surface area contributed by atoms with Gasteiger partial charge in [-0.1, -0.05) is 133 Å². The highest BCUT2D eigenvalue weighted by Crippen LogP contribution is 2.42. The maximum Gasteiger partial charge on any atom is 0.143 e. The maximum absolute atomic E-state index is 6.52. The number of fused-ring (bicyclic) bond motifs is 8. The van der Waals surface area contributed by atoms with Gasteiger partial charge in [-0.3, -0.25) is 0 Å². The van der Waals surface area contributed by atoms with E-state index in [0.29, 0.717) is 0 Å². The molecule has 0 N–H and O–H groups in total.